The van der Waals surface area contributed by atoms with Crippen LogP contribution in [0.2, 0.25) is 0 Å². The summed E-state index contributed by atoms with van der Waals surface area (Å²) in [5.74, 6) is 1.90. The minimum Gasteiger partial charge on any atom is -0.418 e. The zero-order valence-corrected chi connectivity index (χ0v) is 13.1. The van der Waals surface area contributed by atoms with Gasteiger partial charge >= 0.3 is 18.8 Å². The van der Waals surface area contributed by atoms with Gasteiger partial charge in [-0.15, -0.1) is 22.7 Å². The molecule has 3 aromatic rings. The number of halogens is 4. The lowest BCUT2D eigenvalue weighted by atomic mass is 10.2. The molecule has 0 radical (unpaired) electrons. The van der Waals surface area contributed by atoms with Gasteiger partial charge in [0.2, 0.25) is 0 Å². The molecule has 0 aliphatic heterocycles. The molecule has 0 spiro atoms. The summed E-state index contributed by atoms with van der Waals surface area (Å²) in [6, 6.07) is 12.4. The third-order valence-electron chi connectivity index (χ3n) is 2.47. The monoisotopic (exact) mass is 346 g/mol. The summed E-state index contributed by atoms with van der Waals surface area (Å²) in [6.07, 6.45) is 0. The Kier molecular flexibility index (Phi) is 5.36. The predicted molar refractivity (Wildman–Crippen MR) is 84.7 cm³/mol. The minimum absolute atomic E-state index is 0.948. The second kappa shape index (κ2) is 7.06. The van der Waals surface area contributed by atoms with E-state index in [2.05, 4.69) is 41.9 Å². The van der Waals surface area contributed by atoms with Gasteiger partial charge in [0.15, 0.2) is 0 Å². The van der Waals surface area contributed by atoms with Crippen LogP contribution in [-0.2, 0) is 0 Å². The van der Waals surface area contributed by atoms with E-state index in [-0.39, 0.29) is 0 Å². The maximum Gasteiger partial charge on any atom is 0.673 e. The summed E-state index contributed by atoms with van der Waals surface area (Å²) in [6.45, 7) is 2.10. The largest absolute Gasteiger partial charge is 0.673 e. The van der Waals surface area contributed by atoms with Gasteiger partial charge in [0, 0.05) is 12.1 Å². The molecule has 3 aromatic heterocycles. The second-order valence-corrected chi connectivity index (χ2v) is 6.21. The van der Waals surface area contributed by atoms with Crippen molar-refractivity contribution >= 4 is 29.9 Å². The fraction of sp³-hybridized carbons (Fsp3) is 0.0714. The van der Waals surface area contributed by atoms with E-state index in [0.29, 0.717) is 0 Å². The molecule has 0 unspecified atom stereocenters. The van der Waals surface area contributed by atoms with E-state index < -0.39 is 7.25 Å². The first-order chi connectivity index (χ1) is 10.3. The Morgan fingerprint density at radius 2 is 1.27 bits per heavy atom. The van der Waals surface area contributed by atoms with Crippen LogP contribution in [0.15, 0.2) is 51.6 Å². The normalized spacial score (nSPS) is 11.0. The molecule has 3 heterocycles. The lowest BCUT2D eigenvalue weighted by Crippen LogP contribution is -2.02. The molecule has 0 saturated carbocycles. The predicted octanol–water partition coefficient (Wildman–Crippen LogP) is 6.63. The Morgan fingerprint density at radius 3 is 1.59 bits per heavy atom. The summed E-state index contributed by atoms with van der Waals surface area (Å²) in [5.41, 5.74) is 1.23. The zero-order chi connectivity index (χ0) is 16.2. The summed E-state index contributed by atoms with van der Waals surface area (Å²) in [5, 5.41) is 4.13. The summed E-state index contributed by atoms with van der Waals surface area (Å²) < 4.78 is 45.0. The third kappa shape index (κ3) is 5.27. The highest BCUT2D eigenvalue weighted by Gasteiger charge is 2.21. The van der Waals surface area contributed by atoms with Crippen LogP contribution in [0.1, 0.15) is 5.56 Å². The van der Waals surface area contributed by atoms with Crippen molar-refractivity contribution in [2.24, 2.45) is 0 Å². The standard InChI is InChI=1S/C14H11OS2.BF4/c1-10-8-11(13-4-2-6-16-13)15-12(9-10)14-5-3-7-17-14;2-1(3,4)5/h2-9H,1H3;/q+1;-1. The van der Waals surface area contributed by atoms with E-state index >= 15 is 0 Å². The van der Waals surface area contributed by atoms with Gasteiger partial charge in [-0.2, -0.15) is 0 Å². The highest BCUT2D eigenvalue weighted by Crippen LogP contribution is 2.32. The number of aryl methyl sites for hydroxylation is 1. The van der Waals surface area contributed by atoms with Crippen LogP contribution in [0.4, 0.5) is 17.3 Å². The highest BCUT2D eigenvalue weighted by atomic mass is 32.1. The van der Waals surface area contributed by atoms with Gasteiger partial charge < -0.3 is 17.3 Å². The number of hydrogen-bond donors (Lipinski definition) is 0. The van der Waals surface area contributed by atoms with Crippen molar-refractivity contribution in [3.8, 4) is 21.3 Å². The molecule has 22 heavy (non-hydrogen) atoms. The molecule has 1 nitrogen and oxygen atoms in total. The van der Waals surface area contributed by atoms with Gasteiger partial charge in [0.25, 0.3) is 0 Å². The highest BCUT2D eigenvalue weighted by molar-refractivity contribution is 7.13. The van der Waals surface area contributed by atoms with E-state index in [0.717, 1.165) is 11.5 Å². The van der Waals surface area contributed by atoms with E-state index in [1.807, 2.05) is 12.1 Å². The molecule has 0 aliphatic rings. The number of thiophene rings is 2. The van der Waals surface area contributed by atoms with Crippen molar-refractivity contribution in [2.45, 2.75) is 6.92 Å². The summed E-state index contributed by atoms with van der Waals surface area (Å²) in [7, 11) is -6.00. The van der Waals surface area contributed by atoms with Crippen molar-refractivity contribution in [2.75, 3.05) is 0 Å². The molecule has 0 fully saturated rings. The van der Waals surface area contributed by atoms with Crippen molar-refractivity contribution < 1.29 is 21.7 Å². The Labute approximate surface area is 133 Å². The average molecular weight is 346 g/mol. The van der Waals surface area contributed by atoms with E-state index in [4.69, 9.17) is 4.42 Å². The molecule has 0 bridgehead atoms. The van der Waals surface area contributed by atoms with Crippen molar-refractivity contribution in [1.29, 1.82) is 0 Å². The lowest BCUT2D eigenvalue weighted by Gasteiger charge is -1.94. The van der Waals surface area contributed by atoms with Gasteiger partial charge in [-0.1, -0.05) is 12.1 Å². The first-order valence-electron chi connectivity index (χ1n) is 6.23. The van der Waals surface area contributed by atoms with Gasteiger partial charge in [0.05, 0.1) is 0 Å². The number of hydrogen-bond acceptors (Lipinski definition) is 2. The second-order valence-electron chi connectivity index (χ2n) is 4.31. The zero-order valence-electron chi connectivity index (χ0n) is 11.4. The fourth-order valence-electron chi connectivity index (χ4n) is 1.71. The molecule has 0 amide bonds. The molecule has 0 saturated heterocycles. The van der Waals surface area contributed by atoms with Crippen LogP contribution in [-0.4, -0.2) is 7.25 Å². The first kappa shape index (κ1) is 16.7. The van der Waals surface area contributed by atoms with Crippen LogP contribution in [0.5, 0.6) is 0 Å². The van der Waals surface area contributed by atoms with Gasteiger partial charge in [-0.3, -0.25) is 0 Å². The Balaban J connectivity index is 0.000000309. The smallest absolute Gasteiger partial charge is 0.418 e. The van der Waals surface area contributed by atoms with Crippen molar-refractivity contribution in [3.63, 3.8) is 0 Å². The van der Waals surface area contributed by atoms with E-state index in [1.54, 1.807) is 22.7 Å². The Hall–Kier alpha value is -1.67. The van der Waals surface area contributed by atoms with Crippen LogP contribution in [0.3, 0.4) is 0 Å². The summed E-state index contributed by atoms with van der Waals surface area (Å²) in [4.78, 5) is 2.35. The third-order valence-corrected chi connectivity index (χ3v) is 4.23. The summed E-state index contributed by atoms with van der Waals surface area (Å²) >= 11 is 3.40. The van der Waals surface area contributed by atoms with Gasteiger partial charge in [-0.25, -0.2) is 4.42 Å². The Bertz CT molecular complexity index is 651. The Morgan fingerprint density at radius 1 is 0.864 bits per heavy atom. The molecule has 116 valence electrons. The van der Waals surface area contributed by atoms with Crippen molar-refractivity contribution in [3.05, 3.63) is 52.7 Å². The number of rotatable bonds is 2. The molecular weight excluding hydrogens is 335 g/mol. The minimum atomic E-state index is -6.00. The van der Waals surface area contributed by atoms with Crippen LogP contribution >= 0.6 is 22.7 Å². The van der Waals surface area contributed by atoms with E-state index in [9.17, 15) is 17.3 Å². The molecule has 0 aliphatic carbocycles. The van der Waals surface area contributed by atoms with Gasteiger partial charge in [0.1, 0.15) is 9.75 Å². The average Bonchev–Trinajstić information content (AvgIpc) is 3.10. The van der Waals surface area contributed by atoms with E-state index in [1.165, 1.54) is 15.3 Å². The maximum absolute atomic E-state index is 9.75. The first-order valence-corrected chi connectivity index (χ1v) is 7.99. The maximum atomic E-state index is 9.75. The molecule has 0 atom stereocenters. The molecule has 0 N–H and O–H groups in total. The quantitative estimate of drug-likeness (QED) is 0.288. The van der Waals surface area contributed by atoms with Crippen LogP contribution in [0.25, 0.3) is 21.3 Å². The fourth-order valence-corrected chi connectivity index (χ4v) is 3.07. The molecule has 3 rings (SSSR count). The van der Waals surface area contributed by atoms with Gasteiger partial charge in [-0.05, 0) is 35.4 Å². The topological polar surface area (TPSA) is 11.3 Å². The van der Waals surface area contributed by atoms with Crippen LogP contribution < -0.4 is 0 Å². The SMILES string of the molecule is Cc1cc(-c2cccs2)[o+]c(-c2cccs2)c1.F[B-](F)(F)F. The molecule has 8 heteroatoms. The molecule has 0 aromatic carbocycles. The molecular formula is C14H11BF4OS2. The van der Waals surface area contributed by atoms with Crippen LogP contribution in [0, 0.1) is 6.92 Å². The lowest BCUT2D eigenvalue weighted by molar-refractivity contribution is 0.368. The van der Waals surface area contributed by atoms with Crippen molar-refractivity contribution in [1.82, 2.24) is 0 Å².